The molecule has 13 heavy (non-hydrogen) atoms. The lowest BCUT2D eigenvalue weighted by molar-refractivity contribution is -0.138. The number of aliphatic imine (C=N–C) groups is 1. The molecule has 4 heteroatoms. The lowest BCUT2D eigenvalue weighted by atomic mass is 10.4. The number of hydrogen-bond acceptors (Lipinski definition) is 3. The van der Waals surface area contributed by atoms with E-state index in [4.69, 9.17) is 4.74 Å². The van der Waals surface area contributed by atoms with Gasteiger partial charge in [0.15, 0.2) is 0 Å². The van der Waals surface area contributed by atoms with E-state index in [1.165, 1.54) is 0 Å². The van der Waals surface area contributed by atoms with E-state index in [1.54, 1.807) is 31.2 Å². The molecule has 0 aliphatic rings. The van der Waals surface area contributed by atoms with Gasteiger partial charge in [0.1, 0.15) is 5.70 Å². The van der Waals surface area contributed by atoms with Crippen LogP contribution in [0.15, 0.2) is 16.8 Å². The SMILES string of the molecule is C/C=C(\N=CN(C)C)C(=O)OCC. The summed E-state index contributed by atoms with van der Waals surface area (Å²) in [5.74, 6) is -0.386. The highest BCUT2D eigenvalue weighted by Crippen LogP contribution is 1.99. The number of carbonyl (C=O) groups is 1. The Hall–Kier alpha value is -1.32. The summed E-state index contributed by atoms with van der Waals surface area (Å²) in [5, 5.41) is 0. The van der Waals surface area contributed by atoms with Crippen molar-refractivity contribution in [2.45, 2.75) is 13.8 Å². The zero-order chi connectivity index (χ0) is 10.3. The maximum Gasteiger partial charge on any atom is 0.356 e. The standard InChI is InChI=1S/C9H16N2O2/c1-5-8(9(12)13-6-2)10-7-11(3)4/h5,7H,6H2,1-4H3/b8-5-,10-7?. The van der Waals surface area contributed by atoms with Crippen LogP contribution >= 0.6 is 0 Å². The minimum absolute atomic E-state index is 0.329. The second kappa shape index (κ2) is 6.22. The van der Waals surface area contributed by atoms with Crippen molar-refractivity contribution in [3.05, 3.63) is 11.8 Å². The molecule has 74 valence electrons. The normalized spacial score (nSPS) is 11.8. The summed E-state index contributed by atoms with van der Waals surface area (Å²) in [6.45, 7) is 3.88. The summed E-state index contributed by atoms with van der Waals surface area (Å²) in [4.78, 5) is 16.9. The fourth-order valence-electron chi connectivity index (χ4n) is 0.628. The molecule has 0 saturated heterocycles. The van der Waals surface area contributed by atoms with Crippen molar-refractivity contribution in [3.8, 4) is 0 Å². The van der Waals surface area contributed by atoms with Crippen LogP contribution in [0.1, 0.15) is 13.8 Å². The highest BCUT2D eigenvalue weighted by molar-refractivity contribution is 5.89. The molecule has 0 N–H and O–H groups in total. The molecule has 0 aromatic heterocycles. The lowest BCUT2D eigenvalue weighted by Gasteiger charge is -2.04. The van der Waals surface area contributed by atoms with Crippen LogP contribution in [0, 0.1) is 0 Å². The molecule has 0 radical (unpaired) electrons. The zero-order valence-corrected chi connectivity index (χ0v) is 8.57. The van der Waals surface area contributed by atoms with Gasteiger partial charge in [0, 0.05) is 14.1 Å². The van der Waals surface area contributed by atoms with Crippen molar-refractivity contribution in [1.29, 1.82) is 0 Å². The fourth-order valence-corrected chi connectivity index (χ4v) is 0.628. The smallest absolute Gasteiger partial charge is 0.356 e. The van der Waals surface area contributed by atoms with Crippen molar-refractivity contribution in [2.24, 2.45) is 4.99 Å². The largest absolute Gasteiger partial charge is 0.461 e. The lowest BCUT2D eigenvalue weighted by Crippen LogP contribution is -2.11. The summed E-state index contributed by atoms with van der Waals surface area (Å²) >= 11 is 0. The van der Waals surface area contributed by atoms with Crippen LogP contribution in [0.3, 0.4) is 0 Å². The first kappa shape index (κ1) is 11.7. The Morgan fingerprint density at radius 2 is 2.15 bits per heavy atom. The van der Waals surface area contributed by atoms with Gasteiger partial charge in [0.2, 0.25) is 0 Å². The van der Waals surface area contributed by atoms with Crippen molar-refractivity contribution in [2.75, 3.05) is 20.7 Å². The summed E-state index contributed by atoms with van der Waals surface area (Å²) in [6, 6.07) is 0. The molecule has 0 atom stereocenters. The Morgan fingerprint density at radius 3 is 2.54 bits per heavy atom. The van der Waals surface area contributed by atoms with Crippen LogP contribution in [-0.4, -0.2) is 37.9 Å². The Kier molecular flexibility index (Phi) is 5.59. The van der Waals surface area contributed by atoms with Gasteiger partial charge in [-0.25, -0.2) is 9.79 Å². The highest BCUT2D eigenvalue weighted by atomic mass is 16.5. The number of esters is 1. The zero-order valence-electron chi connectivity index (χ0n) is 8.57. The van der Waals surface area contributed by atoms with Crippen molar-refractivity contribution < 1.29 is 9.53 Å². The maximum atomic E-state index is 11.2. The van der Waals surface area contributed by atoms with Crippen LogP contribution in [0.2, 0.25) is 0 Å². The van der Waals surface area contributed by atoms with Gasteiger partial charge >= 0.3 is 5.97 Å². The number of nitrogens with zero attached hydrogens (tertiary/aromatic N) is 2. The first-order chi connectivity index (χ1) is 6.11. The van der Waals surface area contributed by atoms with Crippen molar-refractivity contribution in [3.63, 3.8) is 0 Å². The predicted octanol–water partition coefficient (Wildman–Crippen LogP) is 1.04. The van der Waals surface area contributed by atoms with E-state index < -0.39 is 0 Å². The van der Waals surface area contributed by atoms with E-state index in [9.17, 15) is 4.79 Å². The van der Waals surface area contributed by atoms with Gasteiger partial charge in [-0.1, -0.05) is 6.08 Å². The number of hydrogen-bond donors (Lipinski definition) is 0. The Morgan fingerprint density at radius 1 is 1.54 bits per heavy atom. The number of ether oxygens (including phenoxy) is 1. The van der Waals surface area contributed by atoms with E-state index in [0.717, 1.165) is 0 Å². The molecule has 0 aromatic carbocycles. The molecule has 0 rings (SSSR count). The number of rotatable bonds is 4. The summed E-state index contributed by atoms with van der Waals surface area (Å²) in [6.07, 6.45) is 3.18. The van der Waals surface area contributed by atoms with Gasteiger partial charge in [0.05, 0.1) is 12.9 Å². The molecule has 0 heterocycles. The monoisotopic (exact) mass is 184 g/mol. The Labute approximate surface area is 78.9 Å². The van der Waals surface area contributed by atoms with E-state index in [2.05, 4.69) is 4.99 Å². The van der Waals surface area contributed by atoms with E-state index in [1.807, 2.05) is 14.1 Å². The molecule has 0 unspecified atom stereocenters. The molecule has 0 amide bonds. The van der Waals surface area contributed by atoms with Crippen molar-refractivity contribution in [1.82, 2.24) is 4.90 Å². The average Bonchev–Trinajstić information content (AvgIpc) is 2.05. The van der Waals surface area contributed by atoms with Crippen LogP contribution in [0.5, 0.6) is 0 Å². The van der Waals surface area contributed by atoms with Crippen molar-refractivity contribution >= 4 is 12.3 Å². The van der Waals surface area contributed by atoms with Crippen LogP contribution in [0.4, 0.5) is 0 Å². The number of carbonyl (C=O) groups excluding carboxylic acids is 1. The van der Waals surface area contributed by atoms with Crippen LogP contribution in [0.25, 0.3) is 0 Å². The minimum Gasteiger partial charge on any atom is -0.461 e. The van der Waals surface area contributed by atoms with Gasteiger partial charge < -0.3 is 9.64 Å². The third-order valence-electron chi connectivity index (χ3n) is 1.19. The molecular formula is C9H16N2O2. The number of allylic oxidation sites excluding steroid dienone is 1. The maximum absolute atomic E-state index is 11.2. The van der Waals surface area contributed by atoms with Crippen LogP contribution in [-0.2, 0) is 9.53 Å². The highest BCUT2D eigenvalue weighted by Gasteiger charge is 2.06. The minimum atomic E-state index is -0.386. The second-order valence-corrected chi connectivity index (χ2v) is 2.60. The average molecular weight is 184 g/mol. The Balaban J connectivity index is 4.28. The molecule has 0 bridgehead atoms. The van der Waals surface area contributed by atoms with E-state index in [-0.39, 0.29) is 5.97 Å². The molecular weight excluding hydrogens is 168 g/mol. The Bertz CT molecular complexity index is 220. The van der Waals surface area contributed by atoms with Gasteiger partial charge in [-0.05, 0) is 13.8 Å². The van der Waals surface area contributed by atoms with Crippen LogP contribution < -0.4 is 0 Å². The third-order valence-corrected chi connectivity index (χ3v) is 1.19. The molecule has 0 fully saturated rings. The predicted molar refractivity (Wildman–Crippen MR) is 52.6 cm³/mol. The second-order valence-electron chi connectivity index (χ2n) is 2.60. The first-order valence-electron chi connectivity index (χ1n) is 4.15. The van der Waals surface area contributed by atoms with Gasteiger partial charge in [-0.3, -0.25) is 0 Å². The summed E-state index contributed by atoms with van der Waals surface area (Å²) < 4.78 is 4.79. The molecule has 0 aliphatic heterocycles. The molecule has 0 spiro atoms. The van der Waals surface area contributed by atoms with Gasteiger partial charge in [-0.2, -0.15) is 0 Å². The van der Waals surface area contributed by atoms with E-state index in [0.29, 0.717) is 12.3 Å². The van der Waals surface area contributed by atoms with E-state index >= 15 is 0 Å². The summed E-state index contributed by atoms with van der Waals surface area (Å²) in [7, 11) is 3.67. The first-order valence-corrected chi connectivity index (χ1v) is 4.15. The topological polar surface area (TPSA) is 41.9 Å². The fraction of sp³-hybridized carbons (Fsp3) is 0.556. The summed E-state index contributed by atoms with van der Waals surface area (Å²) in [5.41, 5.74) is 0.329. The third kappa shape index (κ3) is 5.00. The molecule has 0 aliphatic carbocycles. The molecule has 4 nitrogen and oxygen atoms in total. The quantitative estimate of drug-likeness (QED) is 0.284. The molecule has 0 saturated carbocycles. The molecule has 0 aromatic rings. The van der Waals surface area contributed by atoms with Gasteiger partial charge in [-0.15, -0.1) is 0 Å². The van der Waals surface area contributed by atoms with Gasteiger partial charge in [0.25, 0.3) is 0 Å².